The molecule has 7 nitrogen and oxygen atoms in total. The zero-order valence-corrected chi connectivity index (χ0v) is 14.0. The average molecular weight is 350 g/mol. The van der Waals surface area contributed by atoms with Crippen molar-refractivity contribution in [1.82, 2.24) is 29.8 Å². The number of benzene rings is 1. The summed E-state index contributed by atoms with van der Waals surface area (Å²) < 4.78 is 0. The molecule has 8 heteroatoms. The Balaban J connectivity index is 1.64. The van der Waals surface area contributed by atoms with E-state index in [0.29, 0.717) is 11.6 Å². The van der Waals surface area contributed by atoms with Crippen molar-refractivity contribution in [2.24, 2.45) is 0 Å². The Labute approximate surface area is 146 Å². The molecule has 25 heavy (non-hydrogen) atoms. The number of aromatic amines is 2. The Morgan fingerprint density at radius 2 is 2.20 bits per heavy atom. The number of carbonyl (C=O) groups excluding carboxylic acids is 1. The van der Waals surface area contributed by atoms with Crippen LogP contribution in [0.4, 0.5) is 0 Å². The molecule has 0 fully saturated rings. The molecule has 4 aromatic rings. The van der Waals surface area contributed by atoms with Crippen LogP contribution in [-0.2, 0) is 6.42 Å². The number of hydrogen-bond donors (Lipinski definition) is 2. The fourth-order valence-corrected chi connectivity index (χ4v) is 3.92. The lowest BCUT2D eigenvalue weighted by Crippen LogP contribution is -2.41. The molecule has 4 heterocycles. The van der Waals surface area contributed by atoms with Gasteiger partial charge in [-0.15, -0.1) is 11.3 Å². The lowest BCUT2D eigenvalue weighted by atomic mass is 10.0. The average Bonchev–Trinajstić information content (AvgIpc) is 3.39. The quantitative estimate of drug-likeness (QED) is 0.581. The zero-order valence-electron chi connectivity index (χ0n) is 13.1. The van der Waals surface area contributed by atoms with E-state index < -0.39 is 0 Å². The van der Waals surface area contributed by atoms with Gasteiger partial charge in [-0.2, -0.15) is 0 Å². The van der Waals surface area contributed by atoms with Crippen LogP contribution in [0.25, 0.3) is 11.0 Å². The van der Waals surface area contributed by atoms with Crippen molar-refractivity contribution >= 4 is 28.3 Å². The molecular formula is C17H14N6OS. The summed E-state index contributed by atoms with van der Waals surface area (Å²) >= 11 is 1.35. The van der Waals surface area contributed by atoms with Crippen LogP contribution in [0.15, 0.2) is 42.2 Å². The first-order chi connectivity index (χ1) is 12.3. The number of imidazole rings is 2. The summed E-state index contributed by atoms with van der Waals surface area (Å²) in [6, 6.07) is 7.50. The maximum atomic E-state index is 13.0. The fraction of sp³-hybridized carbons (Fsp3) is 0.176. The number of rotatable bonds is 2. The van der Waals surface area contributed by atoms with Crippen LogP contribution < -0.4 is 0 Å². The van der Waals surface area contributed by atoms with E-state index in [9.17, 15) is 4.79 Å². The highest BCUT2D eigenvalue weighted by Gasteiger charge is 2.37. The van der Waals surface area contributed by atoms with Crippen LogP contribution in [0.1, 0.15) is 33.1 Å². The normalized spacial score (nSPS) is 17.0. The highest BCUT2D eigenvalue weighted by Crippen LogP contribution is 2.34. The third kappa shape index (κ3) is 2.25. The molecule has 5 rings (SSSR count). The molecule has 0 bridgehead atoms. The fourth-order valence-electron chi connectivity index (χ4n) is 3.33. The summed E-state index contributed by atoms with van der Waals surface area (Å²) in [7, 11) is 0. The standard InChI is InChI=1S/C17H14N6OS/c24-17(16-18-6-8-25-16)23-7-5-12-13(20-9-19-12)14(23)15-21-10-3-1-2-4-11(10)22-15/h1-4,6,8-9,14H,5,7H2,(H,19,20)(H,21,22)/t14-/m0/s1. The summed E-state index contributed by atoms with van der Waals surface area (Å²) in [5, 5.41) is 2.30. The van der Waals surface area contributed by atoms with Crippen LogP contribution >= 0.6 is 11.3 Å². The Bertz CT molecular complexity index is 1020. The number of nitrogens with zero attached hydrogens (tertiary/aromatic N) is 4. The smallest absolute Gasteiger partial charge is 0.283 e. The minimum absolute atomic E-state index is 0.0888. The molecule has 0 saturated heterocycles. The van der Waals surface area contributed by atoms with Crippen molar-refractivity contribution in [3.05, 3.63) is 64.4 Å². The molecule has 0 aliphatic carbocycles. The largest absolute Gasteiger partial charge is 0.348 e. The summed E-state index contributed by atoms with van der Waals surface area (Å²) in [5.74, 6) is 0.633. The van der Waals surface area contributed by atoms with Gasteiger partial charge >= 0.3 is 0 Å². The molecule has 1 aliphatic rings. The van der Waals surface area contributed by atoms with E-state index in [2.05, 4.69) is 19.9 Å². The summed E-state index contributed by atoms with van der Waals surface area (Å²) in [6.07, 6.45) is 4.07. The molecule has 0 saturated carbocycles. The van der Waals surface area contributed by atoms with Crippen molar-refractivity contribution in [3.63, 3.8) is 0 Å². The highest BCUT2D eigenvalue weighted by molar-refractivity contribution is 7.11. The van der Waals surface area contributed by atoms with E-state index in [1.807, 2.05) is 29.6 Å². The number of carbonyl (C=O) groups is 1. The molecule has 124 valence electrons. The van der Waals surface area contributed by atoms with Gasteiger partial charge in [0.1, 0.15) is 11.9 Å². The molecule has 0 unspecified atom stereocenters. The van der Waals surface area contributed by atoms with Crippen LogP contribution in [0.3, 0.4) is 0 Å². The monoisotopic (exact) mass is 350 g/mol. The number of fused-ring (bicyclic) bond motifs is 2. The van der Waals surface area contributed by atoms with Crippen LogP contribution in [-0.4, -0.2) is 42.3 Å². The van der Waals surface area contributed by atoms with Gasteiger partial charge < -0.3 is 14.9 Å². The van der Waals surface area contributed by atoms with Crippen molar-refractivity contribution < 1.29 is 4.79 Å². The Hall–Kier alpha value is -3.00. The summed E-state index contributed by atoms with van der Waals surface area (Å²) in [4.78, 5) is 34.7. The Morgan fingerprint density at radius 3 is 3.04 bits per heavy atom. The van der Waals surface area contributed by atoms with Gasteiger partial charge in [-0.25, -0.2) is 15.0 Å². The van der Waals surface area contributed by atoms with E-state index in [0.717, 1.165) is 34.7 Å². The van der Waals surface area contributed by atoms with Gasteiger partial charge in [0.15, 0.2) is 5.01 Å². The minimum Gasteiger partial charge on any atom is -0.348 e. The first-order valence-corrected chi connectivity index (χ1v) is 8.86. The Kier molecular flexibility index (Phi) is 3.17. The van der Waals surface area contributed by atoms with Crippen molar-refractivity contribution in [1.29, 1.82) is 0 Å². The van der Waals surface area contributed by atoms with Gasteiger partial charge in [-0.3, -0.25) is 4.79 Å². The number of hydrogen-bond acceptors (Lipinski definition) is 5. The molecule has 3 aromatic heterocycles. The van der Waals surface area contributed by atoms with Gasteiger partial charge in [0.25, 0.3) is 5.91 Å². The van der Waals surface area contributed by atoms with Gasteiger partial charge in [0.2, 0.25) is 0 Å². The van der Waals surface area contributed by atoms with E-state index >= 15 is 0 Å². The molecule has 0 spiro atoms. The maximum absolute atomic E-state index is 13.0. The number of amides is 1. The summed E-state index contributed by atoms with van der Waals surface area (Å²) in [5.41, 5.74) is 3.72. The van der Waals surface area contributed by atoms with Gasteiger partial charge in [0.05, 0.1) is 23.1 Å². The third-order valence-corrected chi connectivity index (χ3v) is 5.23. The van der Waals surface area contributed by atoms with Crippen molar-refractivity contribution in [2.75, 3.05) is 6.54 Å². The van der Waals surface area contributed by atoms with Crippen LogP contribution in [0, 0.1) is 0 Å². The number of nitrogens with one attached hydrogen (secondary N) is 2. The van der Waals surface area contributed by atoms with Crippen molar-refractivity contribution in [2.45, 2.75) is 12.5 Å². The molecule has 1 amide bonds. The molecule has 1 atom stereocenters. The Morgan fingerprint density at radius 1 is 1.28 bits per heavy atom. The van der Waals surface area contributed by atoms with E-state index in [1.54, 1.807) is 17.4 Å². The van der Waals surface area contributed by atoms with Crippen molar-refractivity contribution in [3.8, 4) is 0 Å². The van der Waals surface area contributed by atoms with Crippen LogP contribution in [0.2, 0.25) is 0 Å². The molecule has 1 aliphatic heterocycles. The number of thiazole rings is 1. The number of para-hydroxylation sites is 2. The van der Waals surface area contributed by atoms with Gasteiger partial charge in [-0.1, -0.05) is 12.1 Å². The van der Waals surface area contributed by atoms with Gasteiger partial charge in [0, 0.05) is 30.2 Å². The summed E-state index contributed by atoms with van der Waals surface area (Å²) in [6.45, 7) is 0.593. The van der Waals surface area contributed by atoms with E-state index in [4.69, 9.17) is 4.98 Å². The number of H-pyrrole nitrogens is 2. The zero-order chi connectivity index (χ0) is 16.8. The van der Waals surface area contributed by atoms with E-state index in [-0.39, 0.29) is 11.9 Å². The first kappa shape index (κ1) is 14.4. The first-order valence-electron chi connectivity index (χ1n) is 7.98. The van der Waals surface area contributed by atoms with Crippen LogP contribution in [0.5, 0.6) is 0 Å². The predicted octanol–water partition coefficient (Wildman–Crippen LogP) is 2.53. The third-order valence-electron chi connectivity index (χ3n) is 4.47. The predicted molar refractivity (Wildman–Crippen MR) is 93.4 cm³/mol. The minimum atomic E-state index is -0.348. The second-order valence-corrected chi connectivity index (χ2v) is 6.79. The van der Waals surface area contributed by atoms with Gasteiger partial charge in [-0.05, 0) is 12.1 Å². The molecule has 1 aromatic carbocycles. The molecular weight excluding hydrogens is 336 g/mol. The second-order valence-electron chi connectivity index (χ2n) is 5.89. The second kappa shape index (κ2) is 5.52. The van der Waals surface area contributed by atoms with E-state index in [1.165, 1.54) is 11.3 Å². The molecule has 2 N–H and O–H groups in total. The molecule has 0 radical (unpaired) electrons. The topological polar surface area (TPSA) is 90.6 Å². The SMILES string of the molecule is O=C(c1nccs1)N1CCc2[nH]cnc2[C@H]1c1nc2ccccc2[nH]1. The highest BCUT2D eigenvalue weighted by atomic mass is 32.1. The lowest BCUT2D eigenvalue weighted by molar-refractivity contribution is 0.0684. The lowest BCUT2D eigenvalue weighted by Gasteiger charge is -2.33. The number of aromatic nitrogens is 5. The maximum Gasteiger partial charge on any atom is 0.283 e.